The van der Waals surface area contributed by atoms with E-state index in [2.05, 4.69) is 34.4 Å². The number of fused-ring (bicyclic) bond motifs is 1. The monoisotopic (exact) mass is 576 g/mol. The second-order valence-corrected chi connectivity index (χ2v) is 10.8. The van der Waals surface area contributed by atoms with Crippen LogP contribution in [0, 0.1) is 0 Å². The number of halogens is 2. The maximum atomic E-state index is 13.2. The number of carbonyl (C=O) groups excluding carboxylic acids is 2. The highest BCUT2D eigenvalue weighted by molar-refractivity contribution is 7.13. The molecular formula is C27H30Cl2N4O4S. The SMILES string of the molecule is CC(C)N1CCCc2nc(C(=O)Nc3cc(C(=O)O)ccc3CCC(=O)Nc3ccc(Cl)cc3)sc2C1.Cl. The van der Waals surface area contributed by atoms with Crippen molar-refractivity contribution in [1.82, 2.24) is 9.88 Å². The number of aryl methyl sites for hydroxylation is 2. The quantitative estimate of drug-likeness (QED) is 0.308. The van der Waals surface area contributed by atoms with E-state index in [1.165, 1.54) is 23.5 Å². The van der Waals surface area contributed by atoms with Crippen molar-refractivity contribution in [1.29, 1.82) is 0 Å². The number of carboxylic acids is 1. The summed E-state index contributed by atoms with van der Waals surface area (Å²) in [6.45, 7) is 6.08. The number of aromatic nitrogens is 1. The van der Waals surface area contributed by atoms with Gasteiger partial charge in [-0.05, 0) is 81.6 Å². The van der Waals surface area contributed by atoms with Crippen molar-refractivity contribution in [3.05, 3.63) is 74.2 Å². The van der Waals surface area contributed by atoms with Gasteiger partial charge in [0.2, 0.25) is 5.91 Å². The van der Waals surface area contributed by atoms with E-state index >= 15 is 0 Å². The second kappa shape index (κ2) is 13.2. The summed E-state index contributed by atoms with van der Waals surface area (Å²) in [5.41, 5.74) is 2.65. The third kappa shape index (κ3) is 7.54. The highest BCUT2D eigenvalue weighted by atomic mass is 35.5. The lowest BCUT2D eigenvalue weighted by Crippen LogP contribution is -2.30. The van der Waals surface area contributed by atoms with Crippen LogP contribution in [0.4, 0.5) is 11.4 Å². The summed E-state index contributed by atoms with van der Waals surface area (Å²) in [6.07, 6.45) is 2.27. The first-order valence-electron chi connectivity index (χ1n) is 12.1. The molecule has 2 heterocycles. The Morgan fingerprint density at radius 1 is 1.13 bits per heavy atom. The van der Waals surface area contributed by atoms with Gasteiger partial charge in [0.05, 0.1) is 11.3 Å². The molecule has 1 aliphatic rings. The summed E-state index contributed by atoms with van der Waals surface area (Å²) >= 11 is 7.27. The number of nitrogens with one attached hydrogen (secondary N) is 2. The van der Waals surface area contributed by atoms with Gasteiger partial charge in [0.15, 0.2) is 5.01 Å². The topological polar surface area (TPSA) is 112 Å². The van der Waals surface area contributed by atoms with Crippen LogP contribution in [-0.4, -0.2) is 45.4 Å². The number of anilines is 2. The molecule has 2 amide bonds. The Balaban J connectivity index is 0.00000400. The molecule has 1 aromatic heterocycles. The van der Waals surface area contributed by atoms with E-state index in [0.717, 1.165) is 36.5 Å². The molecule has 11 heteroatoms. The van der Waals surface area contributed by atoms with Crippen LogP contribution in [0.5, 0.6) is 0 Å². The molecule has 38 heavy (non-hydrogen) atoms. The number of amides is 2. The molecule has 3 aromatic rings. The third-order valence-electron chi connectivity index (χ3n) is 6.26. The van der Waals surface area contributed by atoms with Crippen molar-refractivity contribution in [3.8, 4) is 0 Å². The zero-order valence-electron chi connectivity index (χ0n) is 21.1. The van der Waals surface area contributed by atoms with Gasteiger partial charge in [-0.15, -0.1) is 23.7 Å². The van der Waals surface area contributed by atoms with Crippen LogP contribution >= 0.6 is 35.3 Å². The summed E-state index contributed by atoms with van der Waals surface area (Å²) in [5, 5.41) is 16.0. The van der Waals surface area contributed by atoms with Gasteiger partial charge in [0, 0.05) is 40.3 Å². The zero-order valence-corrected chi connectivity index (χ0v) is 23.5. The molecule has 0 bridgehead atoms. The molecule has 0 aliphatic carbocycles. The Labute approximate surface area is 236 Å². The number of carboxylic acid groups (broad SMARTS) is 1. The van der Waals surface area contributed by atoms with Crippen LogP contribution in [-0.2, 0) is 24.2 Å². The minimum absolute atomic E-state index is 0. The predicted molar refractivity (Wildman–Crippen MR) is 153 cm³/mol. The fourth-order valence-electron chi connectivity index (χ4n) is 4.18. The minimum Gasteiger partial charge on any atom is -0.478 e. The molecule has 0 atom stereocenters. The molecule has 0 radical (unpaired) electrons. The maximum Gasteiger partial charge on any atom is 0.335 e. The summed E-state index contributed by atoms with van der Waals surface area (Å²) in [7, 11) is 0. The standard InChI is InChI=1S/C27H29ClN4O4S.ClH/c1-16(2)32-13-3-4-21-23(15-32)37-26(31-21)25(34)30-22-14-18(27(35)36)6-5-17(22)7-12-24(33)29-20-10-8-19(28)9-11-20;/h5-6,8-11,14,16H,3-4,7,12-13,15H2,1-2H3,(H,29,33)(H,30,34)(H,35,36);1H. The van der Waals surface area contributed by atoms with Gasteiger partial charge < -0.3 is 15.7 Å². The number of thiazole rings is 1. The normalized spacial score (nSPS) is 13.3. The minimum atomic E-state index is -1.10. The highest BCUT2D eigenvalue weighted by Crippen LogP contribution is 2.27. The Morgan fingerprint density at radius 3 is 2.55 bits per heavy atom. The van der Waals surface area contributed by atoms with Crippen molar-refractivity contribution in [2.75, 3.05) is 17.2 Å². The zero-order chi connectivity index (χ0) is 26.5. The average Bonchev–Trinajstić information content (AvgIpc) is 3.15. The Bertz CT molecular complexity index is 1310. The van der Waals surface area contributed by atoms with Gasteiger partial charge in [-0.1, -0.05) is 17.7 Å². The Kier molecular flexibility index (Phi) is 10.3. The fraction of sp³-hybridized carbons (Fsp3) is 0.333. The number of hydrogen-bond acceptors (Lipinski definition) is 6. The smallest absolute Gasteiger partial charge is 0.335 e. The van der Waals surface area contributed by atoms with Gasteiger partial charge in [-0.25, -0.2) is 9.78 Å². The molecule has 3 N–H and O–H groups in total. The summed E-state index contributed by atoms with van der Waals surface area (Å²) in [6, 6.07) is 11.7. The Morgan fingerprint density at radius 2 is 1.87 bits per heavy atom. The predicted octanol–water partition coefficient (Wildman–Crippen LogP) is 5.90. The van der Waals surface area contributed by atoms with E-state index in [9.17, 15) is 19.5 Å². The van der Waals surface area contributed by atoms with Crippen LogP contribution in [0.2, 0.25) is 5.02 Å². The first-order chi connectivity index (χ1) is 17.7. The number of hydrogen-bond donors (Lipinski definition) is 3. The van der Waals surface area contributed by atoms with E-state index in [1.807, 2.05) is 0 Å². The molecule has 202 valence electrons. The average molecular weight is 578 g/mol. The molecule has 8 nitrogen and oxygen atoms in total. The van der Waals surface area contributed by atoms with Gasteiger partial charge in [-0.2, -0.15) is 0 Å². The van der Waals surface area contributed by atoms with Gasteiger partial charge in [-0.3, -0.25) is 14.5 Å². The summed E-state index contributed by atoms with van der Waals surface area (Å²) in [5.74, 6) is -1.69. The third-order valence-corrected chi connectivity index (χ3v) is 7.60. The lowest BCUT2D eigenvalue weighted by molar-refractivity contribution is -0.116. The van der Waals surface area contributed by atoms with Crippen LogP contribution in [0.25, 0.3) is 0 Å². The first kappa shape index (κ1) is 29.6. The van der Waals surface area contributed by atoms with Crippen LogP contribution in [0.3, 0.4) is 0 Å². The highest BCUT2D eigenvalue weighted by Gasteiger charge is 2.23. The van der Waals surface area contributed by atoms with Gasteiger partial charge >= 0.3 is 5.97 Å². The van der Waals surface area contributed by atoms with Crippen molar-refractivity contribution in [3.63, 3.8) is 0 Å². The number of aromatic carboxylic acids is 1. The van der Waals surface area contributed by atoms with E-state index in [4.69, 9.17) is 11.6 Å². The molecular weight excluding hydrogens is 547 g/mol. The van der Waals surface area contributed by atoms with Crippen molar-refractivity contribution in [2.24, 2.45) is 0 Å². The molecule has 1 aliphatic heterocycles. The molecule has 0 unspecified atom stereocenters. The first-order valence-corrected chi connectivity index (χ1v) is 13.3. The molecule has 0 spiro atoms. The van der Waals surface area contributed by atoms with E-state index in [0.29, 0.717) is 39.4 Å². The Hall–Kier alpha value is -2.98. The fourth-order valence-corrected chi connectivity index (χ4v) is 5.33. The van der Waals surface area contributed by atoms with Crippen molar-refractivity contribution in [2.45, 2.75) is 52.1 Å². The largest absolute Gasteiger partial charge is 0.478 e. The van der Waals surface area contributed by atoms with E-state index in [1.54, 1.807) is 30.3 Å². The molecule has 0 saturated carbocycles. The van der Waals surface area contributed by atoms with Gasteiger partial charge in [0.1, 0.15) is 0 Å². The van der Waals surface area contributed by atoms with Crippen LogP contribution < -0.4 is 10.6 Å². The number of carbonyl (C=O) groups is 3. The second-order valence-electron chi connectivity index (χ2n) is 9.24. The van der Waals surface area contributed by atoms with E-state index in [-0.39, 0.29) is 36.2 Å². The lowest BCUT2D eigenvalue weighted by atomic mass is 10.0. The number of rotatable bonds is 8. The molecule has 4 rings (SSSR count). The van der Waals surface area contributed by atoms with Crippen molar-refractivity contribution < 1.29 is 19.5 Å². The maximum absolute atomic E-state index is 13.2. The number of benzene rings is 2. The van der Waals surface area contributed by atoms with Crippen molar-refractivity contribution >= 4 is 64.5 Å². The summed E-state index contributed by atoms with van der Waals surface area (Å²) in [4.78, 5) is 45.3. The summed E-state index contributed by atoms with van der Waals surface area (Å²) < 4.78 is 0. The molecule has 2 aromatic carbocycles. The molecule has 0 saturated heterocycles. The van der Waals surface area contributed by atoms with E-state index < -0.39 is 5.97 Å². The number of nitrogens with zero attached hydrogens (tertiary/aromatic N) is 2. The van der Waals surface area contributed by atoms with Gasteiger partial charge in [0.25, 0.3) is 5.91 Å². The molecule has 0 fully saturated rings. The van der Waals surface area contributed by atoms with Crippen LogP contribution in [0.1, 0.15) is 63.0 Å². The lowest BCUT2D eigenvalue weighted by Gasteiger charge is -2.23. The van der Waals surface area contributed by atoms with Crippen LogP contribution in [0.15, 0.2) is 42.5 Å².